The number of sulfonamides is 1. The third kappa shape index (κ3) is 2.97. The fourth-order valence-electron chi connectivity index (χ4n) is 1.56. The van der Waals surface area contributed by atoms with Gasteiger partial charge in [0.25, 0.3) is 10.0 Å². The molecule has 6 heteroatoms. The van der Waals surface area contributed by atoms with E-state index in [2.05, 4.69) is 9.90 Å². The van der Waals surface area contributed by atoms with Crippen LogP contribution >= 0.6 is 0 Å². The van der Waals surface area contributed by atoms with Crippen LogP contribution in [0.25, 0.3) is 0 Å². The van der Waals surface area contributed by atoms with Crippen molar-refractivity contribution in [1.82, 2.24) is 0 Å². The number of anilines is 1. The van der Waals surface area contributed by atoms with Crippen molar-refractivity contribution < 1.29 is 8.42 Å². The lowest BCUT2D eigenvalue weighted by molar-refractivity contribution is 0.601. The van der Waals surface area contributed by atoms with Crippen molar-refractivity contribution in [2.75, 3.05) is 4.72 Å². The standard InChI is InChI=1S/C13H12N2O3S/c1-10-6-8-11(9-7-10)19(17,18)15-13-5-3-2-4-12(13)14-16/h2-9,15H,1H3. The number of aryl methyl sites for hydroxylation is 1. The number of hydrogen-bond acceptors (Lipinski definition) is 4. The maximum atomic E-state index is 12.1. The molecule has 2 aromatic carbocycles. The maximum absolute atomic E-state index is 12.1. The van der Waals surface area contributed by atoms with Crippen LogP contribution in [0.3, 0.4) is 0 Å². The molecule has 0 amide bonds. The fraction of sp³-hybridized carbons (Fsp3) is 0.0769. The Balaban J connectivity index is 2.36. The van der Waals surface area contributed by atoms with Gasteiger partial charge in [0, 0.05) is 0 Å². The first-order valence-electron chi connectivity index (χ1n) is 5.55. The predicted molar refractivity (Wildman–Crippen MR) is 73.9 cm³/mol. The van der Waals surface area contributed by atoms with E-state index in [0.717, 1.165) is 5.56 Å². The second-order valence-electron chi connectivity index (χ2n) is 4.03. The molecule has 0 spiro atoms. The Kier molecular flexibility index (Phi) is 3.62. The minimum Gasteiger partial charge on any atom is -0.277 e. The van der Waals surface area contributed by atoms with Gasteiger partial charge in [-0.3, -0.25) is 4.72 Å². The quantitative estimate of drug-likeness (QED) is 0.871. The molecule has 0 heterocycles. The summed E-state index contributed by atoms with van der Waals surface area (Å²) >= 11 is 0. The summed E-state index contributed by atoms with van der Waals surface area (Å²) in [7, 11) is -3.71. The maximum Gasteiger partial charge on any atom is 0.261 e. The second-order valence-corrected chi connectivity index (χ2v) is 5.71. The van der Waals surface area contributed by atoms with Crippen LogP contribution in [0, 0.1) is 11.8 Å². The van der Waals surface area contributed by atoms with Crippen molar-refractivity contribution in [3.8, 4) is 0 Å². The number of rotatable bonds is 4. The molecule has 19 heavy (non-hydrogen) atoms. The lowest BCUT2D eigenvalue weighted by Gasteiger charge is -2.09. The Morgan fingerprint density at radius 1 is 1.00 bits per heavy atom. The van der Waals surface area contributed by atoms with E-state index in [1.807, 2.05) is 6.92 Å². The van der Waals surface area contributed by atoms with Gasteiger partial charge in [0.1, 0.15) is 5.69 Å². The van der Waals surface area contributed by atoms with E-state index in [1.165, 1.54) is 24.3 Å². The van der Waals surface area contributed by atoms with Gasteiger partial charge in [-0.05, 0) is 36.4 Å². The summed E-state index contributed by atoms with van der Waals surface area (Å²) in [5, 5.41) is 2.79. The van der Waals surface area contributed by atoms with Crippen LogP contribution in [0.1, 0.15) is 5.56 Å². The third-order valence-corrected chi connectivity index (χ3v) is 3.96. The van der Waals surface area contributed by atoms with Gasteiger partial charge in [0.05, 0.1) is 10.6 Å². The van der Waals surface area contributed by atoms with Crippen molar-refractivity contribution in [2.45, 2.75) is 11.8 Å². The number of nitrogens with zero attached hydrogens (tertiary/aromatic N) is 1. The molecular formula is C13H12N2O3S. The summed E-state index contributed by atoms with van der Waals surface area (Å²) in [5.74, 6) is 0. The van der Waals surface area contributed by atoms with Gasteiger partial charge in [-0.2, -0.15) is 0 Å². The third-order valence-electron chi connectivity index (χ3n) is 2.58. The molecular weight excluding hydrogens is 264 g/mol. The zero-order valence-corrected chi connectivity index (χ0v) is 11.0. The molecule has 0 radical (unpaired) electrons. The number of hydrogen-bond donors (Lipinski definition) is 1. The Hall–Kier alpha value is -2.21. The summed E-state index contributed by atoms with van der Waals surface area (Å²) in [6.07, 6.45) is 0. The highest BCUT2D eigenvalue weighted by atomic mass is 32.2. The van der Waals surface area contributed by atoms with Crippen LogP contribution < -0.4 is 4.72 Å². The molecule has 5 nitrogen and oxygen atoms in total. The van der Waals surface area contributed by atoms with Gasteiger partial charge >= 0.3 is 0 Å². The van der Waals surface area contributed by atoms with E-state index in [-0.39, 0.29) is 16.3 Å². The van der Waals surface area contributed by atoms with Crippen molar-refractivity contribution in [2.24, 2.45) is 5.18 Å². The number of nitroso groups, excluding NO2 is 1. The van der Waals surface area contributed by atoms with Crippen molar-refractivity contribution >= 4 is 21.4 Å². The van der Waals surface area contributed by atoms with Crippen molar-refractivity contribution in [3.05, 3.63) is 59.0 Å². The molecule has 0 aromatic heterocycles. The monoisotopic (exact) mass is 276 g/mol. The predicted octanol–water partition coefficient (Wildman–Crippen LogP) is 3.19. The Bertz CT molecular complexity index is 694. The summed E-state index contributed by atoms with van der Waals surface area (Å²) in [6.45, 7) is 1.87. The van der Waals surface area contributed by atoms with Crippen LogP contribution in [-0.2, 0) is 10.0 Å². The highest BCUT2D eigenvalue weighted by Crippen LogP contribution is 2.26. The first-order valence-corrected chi connectivity index (χ1v) is 7.03. The highest BCUT2D eigenvalue weighted by Gasteiger charge is 2.15. The smallest absolute Gasteiger partial charge is 0.261 e. The molecule has 0 unspecified atom stereocenters. The summed E-state index contributed by atoms with van der Waals surface area (Å²) in [5.41, 5.74) is 1.19. The molecule has 98 valence electrons. The summed E-state index contributed by atoms with van der Waals surface area (Å²) in [4.78, 5) is 10.7. The molecule has 0 bridgehead atoms. The molecule has 1 N–H and O–H groups in total. The van der Waals surface area contributed by atoms with Crippen LogP contribution in [0.2, 0.25) is 0 Å². The fourth-order valence-corrected chi connectivity index (χ4v) is 2.64. The number of benzene rings is 2. The molecule has 0 atom stereocenters. The SMILES string of the molecule is Cc1ccc(S(=O)(=O)Nc2ccccc2N=O)cc1. The number of nitrogens with one attached hydrogen (secondary N) is 1. The molecule has 0 fully saturated rings. The van der Waals surface area contributed by atoms with Gasteiger partial charge in [-0.1, -0.05) is 29.8 Å². The van der Waals surface area contributed by atoms with Crippen LogP contribution in [-0.4, -0.2) is 8.42 Å². The van der Waals surface area contributed by atoms with E-state index in [1.54, 1.807) is 24.3 Å². The van der Waals surface area contributed by atoms with Gasteiger partial charge in [-0.25, -0.2) is 8.42 Å². The molecule has 2 aromatic rings. The van der Waals surface area contributed by atoms with Gasteiger partial charge in [-0.15, -0.1) is 4.91 Å². The zero-order chi connectivity index (χ0) is 13.9. The van der Waals surface area contributed by atoms with Crippen LogP contribution in [0.4, 0.5) is 11.4 Å². The average Bonchev–Trinajstić information content (AvgIpc) is 2.39. The van der Waals surface area contributed by atoms with Crippen molar-refractivity contribution in [3.63, 3.8) is 0 Å². The lowest BCUT2D eigenvalue weighted by Crippen LogP contribution is -2.12. The minimum atomic E-state index is -3.71. The molecule has 0 saturated carbocycles. The summed E-state index contributed by atoms with van der Waals surface area (Å²) in [6, 6.07) is 12.6. The van der Waals surface area contributed by atoms with Gasteiger partial charge in [0.2, 0.25) is 0 Å². The first-order chi connectivity index (χ1) is 9.03. The molecule has 0 aliphatic heterocycles. The largest absolute Gasteiger partial charge is 0.277 e. The summed E-state index contributed by atoms with van der Waals surface area (Å²) < 4.78 is 26.6. The lowest BCUT2D eigenvalue weighted by atomic mass is 10.2. The second kappa shape index (κ2) is 5.19. The van der Waals surface area contributed by atoms with E-state index in [0.29, 0.717) is 0 Å². The van der Waals surface area contributed by atoms with Crippen LogP contribution in [0.5, 0.6) is 0 Å². The normalized spacial score (nSPS) is 11.0. The molecule has 0 aliphatic carbocycles. The topological polar surface area (TPSA) is 75.6 Å². The average molecular weight is 276 g/mol. The van der Waals surface area contributed by atoms with E-state index in [4.69, 9.17) is 0 Å². The Labute approximate surface area is 111 Å². The van der Waals surface area contributed by atoms with Gasteiger partial charge < -0.3 is 0 Å². The highest BCUT2D eigenvalue weighted by molar-refractivity contribution is 7.92. The number of para-hydroxylation sites is 1. The Morgan fingerprint density at radius 3 is 2.26 bits per heavy atom. The molecule has 0 saturated heterocycles. The van der Waals surface area contributed by atoms with Crippen molar-refractivity contribution in [1.29, 1.82) is 0 Å². The minimum absolute atomic E-state index is 0.0539. The molecule has 2 rings (SSSR count). The Morgan fingerprint density at radius 2 is 1.63 bits per heavy atom. The zero-order valence-electron chi connectivity index (χ0n) is 10.2. The molecule has 0 aliphatic rings. The van der Waals surface area contributed by atoms with Crippen LogP contribution in [0.15, 0.2) is 58.6 Å². The van der Waals surface area contributed by atoms with Gasteiger partial charge in [0.15, 0.2) is 0 Å². The van der Waals surface area contributed by atoms with E-state index < -0.39 is 10.0 Å². The van der Waals surface area contributed by atoms with E-state index in [9.17, 15) is 13.3 Å². The first kappa shape index (κ1) is 13.2. The van der Waals surface area contributed by atoms with E-state index >= 15 is 0 Å².